The standard InChI is InChI=1S/C12H24N2O2/c1-4-5-10(2)13-6-8-14(9-7-13)12(16)11(3)15/h10-11,15H,4-9H2,1-3H3/t10-,11+/m1/s1. The van der Waals surface area contributed by atoms with Crippen molar-refractivity contribution >= 4 is 5.91 Å². The molecule has 0 aromatic rings. The molecular weight excluding hydrogens is 204 g/mol. The largest absolute Gasteiger partial charge is 0.384 e. The third-order valence-corrected chi connectivity index (χ3v) is 3.31. The van der Waals surface area contributed by atoms with Gasteiger partial charge in [0, 0.05) is 32.2 Å². The molecule has 0 spiro atoms. The molecule has 1 N–H and O–H groups in total. The Balaban J connectivity index is 2.36. The Hall–Kier alpha value is -0.610. The molecule has 1 aliphatic rings. The summed E-state index contributed by atoms with van der Waals surface area (Å²) in [5.74, 6) is -0.136. The van der Waals surface area contributed by atoms with E-state index >= 15 is 0 Å². The van der Waals surface area contributed by atoms with Crippen molar-refractivity contribution in [1.82, 2.24) is 9.80 Å². The Morgan fingerprint density at radius 3 is 2.25 bits per heavy atom. The molecule has 0 aromatic heterocycles. The highest BCUT2D eigenvalue weighted by molar-refractivity contribution is 5.80. The number of carbonyl (C=O) groups excluding carboxylic acids is 1. The van der Waals surface area contributed by atoms with E-state index in [1.807, 2.05) is 0 Å². The van der Waals surface area contributed by atoms with Gasteiger partial charge in [-0.25, -0.2) is 0 Å². The van der Waals surface area contributed by atoms with Crippen LogP contribution in [-0.2, 0) is 4.79 Å². The maximum Gasteiger partial charge on any atom is 0.251 e. The zero-order chi connectivity index (χ0) is 12.1. The van der Waals surface area contributed by atoms with Gasteiger partial charge in [-0.1, -0.05) is 13.3 Å². The smallest absolute Gasteiger partial charge is 0.251 e. The van der Waals surface area contributed by atoms with E-state index < -0.39 is 6.10 Å². The number of nitrogens with zero attached hydrogens (tertiary/aromatic N) is 2. The van der Waals surface area contributed by atoms with Crippen LogP contribution in [0.15, 0.2) is 0 Å². The van der Waals surface area contributed by atoms with Crippen LogP contribution < -0.4 is 0 Å². The van der Waals surface area contributed by atoms with E-state index in [-0.39, 0.29) is 5.91 Å². The summed E-state index contributed by atoms with van der Waals surface area (Å²) in [5, 5.41) is 9.23. The Morgan fingerprint density at radius 2 is 1.81 bits per heavy atom. The number of hydrogen-bond acceptors (Lipinski definition) is 3. The summed E-state index contributed by atoms with van der Waals surface area (Å²) in [4.78, 5) is 15.7. The lowest BCUT2D eigenvalue weighted by Gasteiger charge is -2.38. The summed E-state index contributed by atoms with van der Waals surface area (Å²) in [7, 11) is 0. The number of amides is 1. The summed E-state index contributed by atoms with van der Waals surface area (Å²) in [6, 6.07) is 0.605. The Labute approximate surface area is 98.2 Å². The summed E-state index contributed by atoms with van der Waals surface area (Å²) < 4.78 is 0. The van der Waals surface area contributed by atoms with Crippen LogP contribution >= 0.6 is 0 Å². The zero-order valence-corrected chi connectivity index (χ0v) is 10.6. The van der Waals surface area contributed by atoms with Gasteiger partial charge >= 0.3 is 0 Å². The molecular formula is C12H24N2O2. The monoisotopic (exact) mass is 228 g/mol. The Kier molecular flexibility index (Phi) is 5.22. The fraction of sp³-hybridized carbons (Fsp3) is 0.917. The second-order valence-electron chi connectivity index (χ2n) is 4.67. The van der Waals surface area contributed by atoms with Crippen LogP contribution in [0, 0.1) is 0 Å². The molecule has 2 atom stereocenters. The van der Waals surface area contributed by atoms with Crippen molar-refractivity contribution in [2.45, 2.75) is 45.8 Å². The Bertz CT molecular complexity index is 223. The van der Waals surface area contributed by atoms with Crippen LogP contribution in [0.25, 0.3) is 0 Å². The number of carbonyl (C=O) groups is 1. The molecule has 1 fully saturated rings. The first kappa shape index (κ1) is 13.5. The molecule has 1 saturated heterocycles. The lowest BCUT2D eigenvalue weighted by atomic mass is 10.1. The molecule has 1 aliphatic heterocycles. The SMILES string of the molecule is CCC[C@@H](C)N1CCN(C(=O)[C@H](C)O)CC1. The van der Waals surface area contributed by atoms with Crippen LogP contribution in [0.1, 0.15) is 33.6 Å². The zero-order valence-electron chi connectivity index (χ0n) is 10.6. The van der Waals surface area contributed by atoms with Crippen LogP contribution in [0.2, 0.25) is 0 Å². The second kappa shape index (κ2) is 6.21. The van der Waals surface area contributed by atoms with Crippen molar-refractivity contribution in [1.29, 1.82) is 0 Å². The molecule has 0 aromatic carbocycles. The van der Waals surface area contributed by atoms with E-state index in [0.29, 0.717) is 6.04 Å². The average Bonchev–Trinajstić information content (AvgIpc) is 2.28. The van der Waals surface area contributed by atoms with E-state index in [0.717, 1.165) is 26.2 Å². The van der Waals surface area contributed by atoms with Crippen LogP contribution in [0.5, 0.6) is 0 Å². The second-order valence-corrected chi connectivity index (χ2v) is 4.67. The van der Waals surface area contributed by atoms with Crippen LogP contribution in [0.4, 0.5) is 0 Å². The van der Waals surface area contributed by atoms with Gasteiger partial charge in [0.1, 0.15) is 6.10 Å². The molecule has 1 amide bonds. The van der Waals surface area contributed by atoms with Gasteiger partial charge in [-0.3, -0.25) is 9.69 Å². The lowest BCUT2D eigenvalue weighted by molar-refractivity contribution is -0.141. The van der Waals surface area contributed by atoms with Gasteiger partial charge in [0.25, 0.3) is 5.91 Å². The summed E-state index contributed by atoms with van der Waals surface area (Å²) in [6.45, 7) is 9.34. The molecule has 94 valence electrons. The van der Waals surface area contributed by atoms with Gasteiger partial charge in [0.15, 0.2) is 0 Å². The average molecular weight is 228 g/mol. The number of aliphatic hydroxyl groups excluding tert-OH is 1. The minimum atomic E-state index is -0.861. The van der Waals surface area contributed by atoms with Crippen molar-refractivity contribution in [2.24, 2.45) is 0 Å². The first-order valence-electron chi connectivity index (χ1n) is 6.27. The van der Waals surface area contributed by atoms with Crippen LogP contribution in [0.3, 0.4) is 0 Å². The lowest BCUT2D eigenvalue weighted by Crippen LogP contribution is -2.53. The van der Waals surface area contributed by atoms with Crippen LogP contribution in [-0.4, -0.2) is 59.1 Å². The normalized spacial score (nSPS) is 21.9. The predicted octanol–water partition coefficient (Wildman–Crippen LogP) is 0.700. The minimum absolute atomic E-state index is 0.136. The topological polar surface area (TPSA) is 43.8 Å². The van der Waals surface area contributed by atoms with Gasteiger partial charge in [-0.15, -0.1) is 0 Å². The maximum absolute atomic E-state index is 11.6. The summed E-state index contributed by atoms with van der Waals surface area (Å²) >= 11 is 0. The third-order valence-electron chi connectivity index (χ3n) is 3.31. The molecule has 0 saturated carbocycles. The van der Waals surface area contributed by atoms with Gasteiger partial charge in [-0.2, -0.15) is 0 Å². The van der Waals surface area contributed by atoms with Crippen molar-refractivity contribution in [3.05, 3.63) is 0 Å². The maximum atomic E-state index is 11.6. The van der Waals surface area contributed by atoms with E-state index in [4.69, 9.17) is 0 Å². The van der Waals surface area contributed by atoms with Crippen molar-refractivity contribution < 1.29 is 9.90 Å². The Morgan fingerprint density at radius 1 is 1.25 bits per heavy atom. The third kappa shape index (κ3) is 3.46. The molecule has 1 rings (SSSR count). The molecule has 0 unspecified atom stereocenters. The number of hydrogen-bond donors (Lipinski definition) is 1. The van der Waals surface area contributed by atoms with Gasteiger partial charge < -0.3 is 10.0 Å². The molecule has 0 aliphatic carbocycles. The van der Waals surface area contributed by atoms with Gasteiger partial charge in [0.05, 0.1) is 0 Å². The molecule has 4 heteroatoms. The van der Waals surface area contributed by atoms with E-state index in [1.165, 1.54) is 19.8 Å². The van der Waals surface area contributed by atoms with E-state index in [2.05, 4.69) is 18.7 Å². The summed E-state index contributed by atoms with van der Waals surface area (Å²) in [5.41, 5.74) is 0. The van der Waals surface area contributed by atoms with Gasteiger partial charge in [0.2, 0.25) is 0 Å². The minimum Gasteiger partial charge on any atom is -0.384 e. The molecule has 0 bridgehead atoms. The highest BCUT2D eigenvalue weighted by atomic mass is 16.3. The fourth-order valence-electron chi connectivity index (χ4n) is 2.25. The summed E-state index contributed by atoms with van der Waals surface area (Å²) in [6.07, 6.45) is 1.55. The van der Waals surface area contributed by atoms with Crippen molar-refractivity contribution in [3.8, 4) is 0 Å². The van der Waals surface area contributed by atoms with Gasteiger partial charge in [-0.05, 0) is 20.3 Å². The van der Waals surface area contributed by atoms with E-state index in [1.54, 1.807) is 4.90 Å². The molecule has 16 heavy (non-hydrogen) atoms. The fourth-order valence-corrected chi connectivity index (χ4v) is 2.25. The number of aliphatic hydroxyl groups is 1. The van der Waals surface area contributed by atoms with E-state index in [9.17, 15) is 9.90 Å². The predicted molar refractivity (Wildman–Crippen MR) is 64.2 cm³/mol. The number of piperazine rings is 1. The quantitative estimate of drug-likeness (QED) is 0.770. The highest BCUT2D eigenvalue weighted by Gasteiger charge is 2.25. The molecule has 1 heterocycles. The highest BCUT2D eigenvalue weighted by Crippen LogP contribution is 2.11. The first-order chi connectivity index (χ1) is 7.56. The van der Waals surface area contributed by atoms with Crippen molar-refractivity contribution in [2.75, 3.05) is 26.2 Å². The first-order valence-corrected chi connectivity index (χ1v) is 6.27. The van der Waals surface area contributed by atoms with Crippen molar-refractivity contribution in [3.63, 3.8) is 0 Å². The molecule has 4 nitrogen and oxygen atoms in total. The molecule has 0 radical (unpaired) electrons. The number of rotatable bonds is 4.